The van der Waals surface area contributed by atoms with Crippen molar-refractivity contribution in [2.75, 3.05) is 53.6 Å². The average Bonchev–Trinajstić information content (AvgIpc) is 3.10. The summed E-state index contributed by atoms with van der Waals surface area (Å²) in [6.45, 7) is 8.94. The van der Waals surface area contributed by atoms with Gasteiger partial charge in [0.2, 0.25) is 12.7 Å². The second-order valence-corrected chi connectivity index (χ2v) is 7.73. The first kappa shape index (κ1) is 19.9. The molecule has 0 bridgehead atoms. The third kappa shape index (κ3) is 5.34. The highest BCUT2D eigenvalue weighted by Crippen LogP contribution is 2.32. The van der Waals surface area contributed by atoms with Crippen molar-refractivity contribution in [2.24, 2.45) is 0 Å². The predicted molar refractivity (Wildman–Crippen MR) is 105 cm³/mol. The molecule has 0 aromatic heterocycles. The number of rotatable bonds is 7. The minimum Gasteiger partial charge on any atom is -0.454 e. The lowest BCUT2D eigenvalue weighted by molar-refractivity contribution is -0.124. The van der Waals surface area contributed by atoms with Gasteiger partial charge in [-0.2, -0.15) is 0 Å². The van der Waals surface area contributed by atoms with Crippen LogP contribution >= 0.6 is 0 Å². The third-order valence-corrected chi connectivity index (χ3v) is 5.61. The number of hydrogen-bond donors (Lipinski definition) is 1. The summed E-state index contributed by atoms with van der Waals surface area (Å²) in [5.74, 6) is 1.72. The topological polar surface area (TPSA) is 57.3 Å². The fourth-order valence-electron chi connectivity index (χ4n) is 3.52. The van der Waals surface area contributed by atoms with Crippen LogP contribution in [0.25, 0.3) is 0 Å². The van der Waals surface area contributed by atoms with Crippen molar-refractivity contribution in [3.05, 3.63) is 23.8 Å². The van der Waals surface area contributed by atoms with E-state index in [2.05, 4.69) is 47.1 Å². The van der Waals surface area contributed by atoms with E-state index in [0.29, 0.717) is 13.3 Å². The number of benzene rings is 1. The van der Waals surface area contributed by atoms with E-state index in [-0.39, 0.29) is 18.1 Å². The van der Waals surface area contributed by atoms with Crippen LogP contribution in [0.4, 0.5) is 0 Å². The van der Waals surface area contributed by atoms with Crippen LogP contribution in [0.3, 0.4) is 0 Å². The first-order valence-corrected chi connectivity index (χ1v) is 9.73. The van der Waals surface area contributed by atoms with Gasteiger partial charge in [-0.3, -0.25) is 14.6 Å². The highest BCUT2D eigenvalue weighted by atomic mass is 16.7. The molecule has 2 aliphatic rings. The fourth-order valence-corrected chi connectivity index (χ4v) is 3.52. The molecule has 2 unspecified atom stereocenters. The van der Waals surface area contributed by atoms with Crippen LogP contribution in [0, 0.1) is 0 Å². The molecule has 1 fully saturated rings. The van der Waals surface area contributed by atoms with Crippen LogP contribution in [0.15, 0.2) is 18.2 Å². The van der Waals surface area contributed by atoms with Crippen molar-refractivity contribution in [1.29, 1.82) is 0 Å². The van der Waals surface area contributed by atoms with Crippen LogP contribution < -0.4 is 14.8 Å². The molecule has 2 heterocycles. The van der Waals surface area contributed by atoms with Crippen LogP contribution in [0.5, 0.6) is 11.5 Å². The molecule has 1 aromatic rings. The van der Waals surface area contributed by atoms with Gasteiger partial charge in [-0.1, -0.05) is 6.07 Å². The van der Waals surface area contributed by atoms with Gasteiger partial charge < -0.3 is 19.7 Å². The molecule has 0 radical (unpaired) electrons. The van der Waals surface area contributed by atoms with E-state index in [0.717, 1.165) is 44.1 Å². The second kappa shape index (κ2) is 8.91. The Kier molecular flexibility index (Phi) is 6.57. The maximum absolute atomic E-state index is 12.4. The highest BCUT2D eigenvalue weighted by Gasteiger charge is 2.21. The number of nitrogens with zero attached hydrogens (tertiary/aromatic N) is 3. The maximum Gasteiger partial charge on any atom is 0.235 e. The number of likely N-dealkylation sites (N-methyl/N-ethyl adjacent to an activating group) is 2. The minimum absolute atomic E-state index is 0.0195. The smallest absolute Gasteiger partial charge is 0.235 e. The molecule has 27 heavy (non-hydrogen) atoms. The number of fused-ring (bicyclic) bond motifs is 1. The fraction of sp³-hybridized carbons (Fsp3) is 0.650. The molecular formula is C20H32N4O3. The molecule has 7 heteroatoms. The quantitative estimate of drug-likeness (QED) is 0.716. The number of piperazine rings is 1. The Bertz CT molecular complexity index is 646. The van der Waals surface area contributed by atoms with Crippen molar-refractivity contribution in [3.8, 4) is 11.5 Å². The maximum atomic E-state index is 12.4. The summed E-state index contributed by atoms with van der Waals surface area (Å²) < 4.78 is 10.8. The van der Waals surface area contributed by atoms with Crippen LogP contribution in [0.2, 0.25) is 0 Å². The van der Waals surface area contributed by atoms with E-state index in [1.807, 2.05) is 19.1 Å². The Hall–Kier alpha value is -1.83. The van der Waals surface area contributed by atoms with Gasteiger partial charge in [0, 0.05) is 32.2 Å². The molecule has 1 amide bonds. The van der Waals surface area contributed by atoms with Gasteiger partial charge in [0.1, 0.15) is 0 Å². The van der Waals surface area contributed by atoms with Gasteiger partial charge in [0.05, 0.1) is 12.7 Å². The van der Waals surface area contributed by atoms with E-state index in [1.165, 1.54) is 5.56 Å². The third-order valence-electron chi connectivity index (χ3n) is 5.61. The molecule has 1 aromatic carbocycles. The summed E-state index contributed by atoms with van der Waals surface area (Å²) in [4.78, 5) is 19.1. The number of carbonyl (C=O) groups excluding carboxylic acids is 1. The molecular weight excluding hydrogens is 344 g/mol. The van der Waals surface area contributed by atoms with Crippen LogP contribution in [0.1, 0.15) is 19.4 Å². The predicted octanol–water partition coefficient (Wildman–Crippen LogP) is 0.988. The molecule has 1 saturated heterocycles. The van der Waals surface area contributed by atoms with E-state index >= 15 is 0 Å². The Morgan fingerprint density at radius 2 is 1.89 bits per heavy atom. The largest absolute Gasteiger partial charge is 0.454 e. The zero-order valence-electron chi connectivity index (χ0n) is 16.9. The summed E-state index contributed by atoms with van der Waals surface area (Å²) in [5, 5.41) is 3.13. The Morgan fingerprint density at radius 1 is 1.19 bits per heavy atom. The summed E-state index contributed by atoms with van der Waals surface area (Å²) in [7, 11) is 4.18. The lowest BCUT2D eigenvalue weighted by Gasteiger charge is -2.34. The van der Waals surface area contributed by atoms with E-state index in [1.54, 1.807) is 0 Å². The average molecular weight is 377 g/mol. The lowest BCUT2D eigenvalue weighted by atomic mass is 10.1. The van der Waals surface area contributed by atoms with E-state index in [9.17, 15) is 4.79 Å². The van der Waals surface area contributed by atoms with Gasteiger partial charge in [-0.05, 0) is 52.1 Å². The molecule has 0 spiro atoms. The Morgan fingerprint density at radius 3 is 2.63 bits per heavy atom. The van der Waals surface area contributed by atoms with E-state index in [4.69, 9.17) is 9.47 Å². The number of ether oxygens (including phenoxy) is 2. The van der Waals surface area contributed by atoms with E-state index < -0.39 is 0 Å². The number of carbonyl (C=O) groups is 1. The molecule has 2 atom stereocenters. The SMILES string of the molecule is CC(Cc1ccc2c(c1)OCO2)N(C)C(C)NC(=O)CN1CCN(C)CC1. The zero-order valence-corrected chi connectivity index (χ0v) is 16.9. The highest BCUT2D eigenvalue weighted by molar-refractivity contribution is 5.78. The standard InChI is InChI=1S/C20H32N4O3/c1-15(11-17-5-6-18-19(12-17)27-14-26-18)23(4)16(2)21-20(25)13-24-9-7-22(3)8-10-24/h5-6,12,15-16H,7-11,13-14H2,1-4H3,(H,21,25). The molecule has 150 valence electrons. The monoisotopic (exact) mass is 376 g/mol. The Labute approximate surface area is 162 Å². The number of amides is 1. The molecule has 0 saturated carbocycles. The van der Waals surface area contributed by atoms with Gasteiger partial charge in [0.25, 0.3) is 0 Å². The van der Waals surface area contributed by atoms with Crippen molar-refractivity contribution in [1.82, 2.24) is 20.0 Å². The molecule has 0 aliphatic carbocycles. The first-order chi connectivity index (χ1) is 12.9. The van der Waals surface area contributed by atoms with Gasteiger partial charge in [-0.25, -0.2) is 0 Å². The van der Waals surface area contributed by atoms with Crippen molar-refractivity contribution >= 4 is 5.91 Å². The summed E-state index contributed by atoms with van der Waals surface area (Å²) >= 11 is 0. The van der Waals surface area contributed by atoms with Crippen LogP contribution in [-0.4, -0.2) is 86.4 Å². The number of nitrogens with one attached hydrogen (secondary N) is 1. The van der Waals surface area contributed by atoms with Gasteiger partial charge in [-0.15, -0.1) is 0 Å². The Balaban J connectivity index is 1.46. The van der Waals surface area contributed by atoms with Crippen molar-refractivity contribution < 1.29 is 14.3 Å². The van der Waals surface area contributed by atoms with Crippen LogP contribution in [-0.2, 0) is 11.2 Å². The molecule has 7 nitrogen and oxygen atoms in total. The lowest BCUT2D eigenvalue weighted by Crippen LogP contribution is -2.53. The summed E-state index contributed by atoms with van der Waals surface area (Å²) in [6, 6.07) is 6.37. The van der Waals surface area contributed by atoms with Crippen molar-refractivity contribution in [2.45, 2.75) is 32.5 Å². The molecule has 2 aliphatic heterocycles. The molecule has 1 N–H and O–H groups in total. The number of hydrogen-bond acceptors (Lipinski definition) is 6. The minimum atomic E-state index is -0.0195. The van der Waals surface area contributed by atoms with Gasteiger partial charge in [0.15, 0.2) is 11.5 Å². The second-order valence-electron chi connectivity index (χ2n) is 7.73. The summed E-state index contributed by atoms with van der Waals surface area (Å²) in [6.07, 6.45) is 0.861. The summed E-state index contributed by atoms with van der Waals surface area (Å²) in [5.41, 5.74) is 1.20. The zero-order chi connectivity index (χ0) is 19.4. The molecule has 3 rings (SSSR count). The van der Waals surface area contributed by atoms with Crippen molar-refractivity contribution in [3.63, 3.8) is 0 Å². The normalized spacial score (nSPS) is 19.9. The van der Waals surface area contributed by atoms with Gasteiger partial charge >= 0.3 is 0 Å². The first-order valence-electron chi connectivity index (χ1n) is 9.73.